The van der Waals surface area contributed by atoms with Crippen LogP contribution in [-0.2, 0) is 16.4 Å². The van der Waals surface area contributed by atoms with Gasteiger partial charge in [0.1, 0.15) is 11.2 Å². The fraction of sp³-hybridized carbons (Fsp3) is 0.133. The van der Waals surface area contributed by atoms with E-state index in [0.717, 1.165) is 34.4 Å². The molecule has 0 radical (unpaired) electrons. The van der Waals surface area contributed by atoms with Crippen LogP contribution in [0, 0.1) is 16.5 Å². The van der Waals surface area contributed by atoms with E-state index in [4.69, 9.17) is 5.26 Å². The molecule has 1 N–H and O–H groups in total. The average molecular weight is 336 g/mol. The molecule has 2 aromatic carbocycles. The van der Waals surface area contributed by atoms with Crippen molar-refractivity contribution in [3.05, 3.63) is 53.8 Å². The van der Waals surface area contributed by atoms with Gasteiger partial charge in [-0.05, 0) is 66.2 Å². The Morgan fingerprint density at radius 1 is 1.23 bits per heavy atom. The highest BCUT2D eigenvalue weighted by molar-refractivity contribution is 8.03. The van der Waals surface area contributed by atoms with E-state index < -0.39 is 15.8 Å². The van der Waals surface area contributed by atoms with Crippen LogP contribution in [0.3, 0.4) is 0 Å². The maximum absolute atomic E-state index is 12.9. The third-order valence-corrected chi connectivity index (χ3v) is 4.95. The van der Waals surface area contributed by atoms with Gasteiger partial charge in [0, 0.05) is 4.90 Å². The number of sulfonamides is 1. The highest BCUT2D eigenvalue weighted by Crippen LogP contribution is 2.26. The monoisotopic (exact) mass is 336 g/mol. The first-order valence-corrected chi connectivity index (χ1v) is 8.73. The van der Waals surface area contributed by atoms with E-state index in [9.17, 15) is 12.8 Å². The smallest absolute Gasteiger partial charge is 0.261 e. The molecule has 0 aliphatic carbocycles. The summed E-state index contributed by atoms with van der Waals surface area (Å²) < 4.78 is 40.0. The zero-order chi connectivity index (χ0) is 16.2. The quantitative estimate of drug-likeness (QED) is 0.666. The van der Waals surface area contributed by atoms with Crippen molar-refractivity contribution in [2.75, 3.05) is 4.72 Å². The molecule has 0 saturated carbocycles. The number of nitrogens with zero attached hydrogens (tertiary/aromatic N) is 1. The molecule has 22 heavy (non-hydrogen) atoms. The first kappa shape index (κ1) is 16.3. The van der Waals surface area contributed by atoms with E-state index in [1.54, 1.807) is 18.2 Å². The molecule has 4 nitrogen and oxygen atoms in total. The molecular weight excluding hydrogens is 323 g/mol. The average Bonchev–Trinajstić information content (AvgIpc) is 2.49. The van der Waals surface area contributed by atoms with Crippen molar-refractivity contribution < 1.29 is 12.8 Å². The highest BCUT2D eigenvalue weighted by atomic mass is 32.2. The molecule has 0 atom stereocenters. The topological polar surface area (TPSA) is 70.0 Å². The lowest BCUT2D eigenvalue weighted by molar-refractivity contribution is 0.599. The third-order valence-electron chi connectivity index (χ3n) is 2.99. The molecule has 0 aliphatic heterocycles. The minimum absolute atomic E-state index is 0.00794. The summed E-state index contributed by atoms with van der Waals surface area (Å²) in [6.07, 6.45) is 0.612. The molecule has 2 aromatic rings. The van der Waals surface area contributed by atoms with E-state index in [2.05, 4.69) is 4.72 Å². The number of hydrogen-bond donors (Lipinski definition) is 1. The minimum atomic E-state index is -3.78. The van der Waals surface area contributed by atoms with Crippen LogP contribution in [0.15, 0.2) is 52.3 Å². The summed E-state index contributed by atoms with van der Waals surface area (Å²) in [5.74, 6) is -0.494. The van der Waals surface area contributed by atoms with Gasteiger partial charge >= 0.3 is 0 Å². The van der Waals surface area contributed by atoms with E-state index in [1.165, 1.54) is 12.1 Å². The Hall–Kier alpha value is -2.04. The van der Waals surface area contributed by atoms with Gasteiger partial charge < -0.3 is 0 Å². The number of aryl methyl sites for hydroxylation is 1. The van der Waals surface area contributed by atoms with Crippen LogP contribution < -0.4 is 4.72 Å². The summed E-state index contributed by atoms with van der Waals surface area (Å²) in [6, 6.07) is 9.70. The van der Waals surface area contributed by atoms with Gasteiger partial charge in [0.15, 0.2) is 0 Å². The van der Waals surface area contributed by atoms with Gasteiger partial charge in [0.25, 0.3) is 10.0 Å². The second kappa shape index (κ2) is 6.81. The predicted molar refractivity (Wildman–Crippen MR) is 84.5 cm³/mol. The highest BCUT2D eigenvalue weighted by Gasteiger charge is 2.16. The minimum Gasteiger partial charge on any atom is -0.279 e. The fourth-order valence-corrected chi connectivity index (χ4v) is 3.44. The summed E-state index contributed by atoms with van der Waals surface area (Å²) >= 11 is 1.02. The molecular formula is C15H13FN2O2S2. The Kier molecular flexibility index (Phi) is 5.06. The fourth-order valence-electron chi connectivity index (χ4n) is 1.90. The van der Waals surface area contributed by atoms with E-state index >= 15 is 0 Å². The van der Waals surface area contributed by atoms with E-state index in [0.29, 0.717) is 12.1 Å². The summed E-state index contributed by atoms with van der Waals surface area (Å²) in [5, 5.41) is 10.7. The Morgan fingerprint density at radius 2 is 1.91 bits per heavy atom. The molecule has 0 fully saturated rings. The number of anilines is 1. The second-order valence-corrected chi connectivity index (χ2v) is 6.97. The Bertz CT molecular complexity index is 812. The third kappa shape index (κ3) is 3.78. The second-order valence-electron chi connectivity index (χ2n) is 4.43. The number of benzene rings is 2. The van der Waals surface area contributed by atoms with Crippen LogP contribution >= 0.6 is 11.8 Å². The summed E-state index contributed by atoms with van der Waals surface area (Å²) in [4.78, 5) is 0.746. The van der Waals surface area contributed by atoms with Gasteiger partial charge in [-0.3, -0.25) is 4.72 Å². The summed E-state index contributed by atoms with van der Waals surface area (Å²) in [7, 11) is -3.78. The van der Waals surface area contributed by atoms with Gasteiger partial charge in [-0.15, -0.1) is 0 Å². The largest absolute Gasteiger partial charge is 0.279 e. The maximum atomic E-state index is 12.9. The van der Waals surface area contributed by atoms with Crippen LogP contribution in [0.4, 0.5) is 10.1 Å². The molecule has 114 valence electrons. The number of thioether (sulfide) groups is 1. The van der Waals surface area contributed by atoms with Crippen molar-refractivity contribution in [1.82, 2.24) is 0 Å². The van der Waals surface area contributed by atoms with Crippen LogP contribution in [0.5, 0.6) is 0 Å². The SMILES string of the molecule is CCc1cc(SC#N)ccc1NS(=O)(=O)c1ccc(F)cc1. The van der Waals surface area contributed by atoms with Crippen molar-refractivity contribution >= 4 is 27.5 Å². The van der Waals surface area contributed by atoms with Gasteiger partial charge in [0.05, 0.1) is 10.6 Å². The van der Waals surface area contributed by atoms with Crippen LogP contribution in [0.2, 0.25) is 0 Å². The number of hydrogen-bond acceptors (Lipinski definition) is 4. The molecule has 0 spiro atoms. The first-order valence-electron chi connectivity index (χ1n) is 6.43. The number of nitrogens with one attached hydrogen (secondary N) is 1. The van der Waals surface area contributed by atoms with Crippen LogP contribution in [0.25, 0.3) is 0 Å². The predicted octanol–water partition coefficient (Wildman–Crippen LogP) is 3.76. The Labute approximate surface area is 133 Å². The lowest BCUT2D eigenvalue weighted by Crippen LogP contribution is -2.14. The van der Waals surface area contributed by atoms with Gasteiger partial charge in [-0.1, -0.05) is 6.92 Å². The molecule has 0 amide bonds. The maximum Gasteiger partial charge on any atom is 0.261 e. The Morgan fingerprint density at radius 3 is 2.50 bits per heavy atom. The lowest BCUT2D eigenvalue weighted by atomic mass is 10.1. The van der Waals surface area contributed by atoms with Crippen molar-refractivity contribution in [2.45, 2.75) is 23.1 Å². The van der Waals surface area contributed by atoms with Crippen LogP contribution in [-0.4, -0.2) is 8.42 Å². The zero-order valence-corrected chi connectivity index (χ0v) is 13.3. The van der Waals surface area contributed by atoms with Crippen molar-refractivity contribution in [2.24, 2.45) is 0 Å². The van der Waals surface area contributed by atoms with Crippen molar-refractivity contribution in [3.8, 4) is 5.40 Å². The molecule has 0 aromatic heterocycles. The first-order chi connectivity index (χ1) is 10.5. The van der Waals surface area contributed by atoms with Gasteiger partial charge in [0.2, 0.25) is 0 Å². The van der Waals surface area contributed by atoms with Gasteiger partial charge in [-0.2, -0.15) is 5.26 Å². The molecule has 0 heterocycles. The van der Waals surface area contributed by atoms with E-state index in [1.807, 2.05) is 12.3 Å². The molecule has 0 bridgehead atoms. The number of rotatable bonds is 5. The lowest BCUT2D eigenvalue weighted by Gasteiger charge is -2.12. The van der Waals surface area contributed by atoms with Crippen molar-refractivity contribution in [3.63, 3.8) is 0 Å². The molecule has 0 saturated heterocycles. The van der Waals surface area contributed by atoms with Crippen LogP contribution in [0.1, 0.15) is 12.5 Å². The number of thiocyanates is 1. The summed E-state index contributed by atoms with van der Waals surface area (Å²) in [5.41, 5.74) is 1.24. The van der Waals surface area contributed by atoms with E-state index in [-0.39, 0.29) is 4.90 Å². The van der Waals surface area contributed by atoms with Crippen molar-refractivity contribution in [1.29, 1.82) is 5.26 Å². The van der Waals surface area contributed by atoms with Gasteiger partial charge in [-0.25, -0.2) is 12.8 Å². The normalized spacial score (nSPS) is 11.0. The Balaban J connectivity index is 2.33. The molecule has 7 heteroatoms. The number of nitriles is 1. The zero-order valence-electron chi connectivity index (χ0n) is 11.7. The number of halogens is 1. The molecule has 0 aliphatic rings. The molecule has 0 unspecified atom stereocenters. The molecule has 2 rings (SSSR count). The summed E-state index contributed by atoms with van der Waals surface area (Å²) in [6.45, 7) is 1.89. The standard InChI is InChI=1S/C15H13FN2O2S2/c1-2-11-9-13(21-10-17)5-8-15(11)18-22(19,20)14-6-3-12(16)4-7-14/h3-9,18H,2H2,1H3.